The fourth-order valence-corrected chi connectivity index (χ4v) is 3.04. The van der Waals surface area contributed by atoms with Crippen molar-refractivity contribution in [3.05, 3.63) is 94.8 Å². The van der Waals surface area contributed by atoms with Crippen LogP contribution in [0.4, 0.5) is 11.5 Å². The van der Waals surface area contributed by atoms with Crippen molar-refractivity contribution in [3.8, 4) is 11.6 Å². The topological polar surface area (TPSA) is 119 Å². The van der Waals surface area contributed by atoms with Gasteiger partial charge in [-0.15, -0.1) is 0 Å². The van der Waals surface area contributed by atoms with Crippen LogP contribution in [0.5, 0.6) is 11.6 Å². The number of carbonyl (C=O) groups is 1. The van der Waals surface area contributed by atoms with Crippen LogP contribution in [0.15, 0.2) is 79.1 Å². The number of aromatic nitrogens is 2. The zero-order chi connectivity index (χ0) is 21.6. The molecule has 1 amide bonds. The highest BCUT2D eigenvalue weighted by molar-refractivity contribution is 5.88. The Morgan fingerprint density at radius 3 is 2.52 bits per heavy atom. The Bertz CT molecular complexity index is 1240. The molecule has 0 saturated heterocycles. The van der Waals surface area contributed by atoms with Gasteiger partial charge in [-0.25, -0.2) is 4.98 Å². The maximum Gasteiger partial charge on any atom is 0.374 e. The zero-order valence-corrected chi connectivity index (χ0v) is 16.2. The van der Waals surface area contributed by atoms with Gasteiger partial charge in [-0.05, 0) is 17.0 Å². The van der Waals surface area contributed by atoms with Crippen LogP contribution in [0, 0.1) is 10.1 Å². The molecule has 0 saturated carbocycles. The minimum absolute atomic E-state index is 0.103. The first-order valence-electron chi connectivity index (χ1n) is 9.35. The molecule has 0 spiro atoms. The Morgan fingerprint density at radius 2 is 1.71 bits per heavy atom. The second kappa shape index (κ2) is 8.87. The SMILES string of the molecule is O=C(Cc1ccccc1)NNc1ncnc(Oc2cccc3ccccc23)c1[N+](=O)[O-]. The molecule has 0 atom stereocenters. The van der Waals surface area contributed by atoms with Crippen LogP contribution >= 0.6 is 0 Å². The molecule has 0 bridgehead atoms. The number of anilines is 1. The Morgan fingerprint density at radius 1 is 0.968 bits per heavy atom. The molecule has 0 aliphatic heterocycles. The van der Waals surface area contributed by atoms with Gasteiger partial charge in [-0.2, -0.15) is 4.98 Å². The molecular weight excluding hydrogens is 398 g/mol. The van der Waals surface area contributed by atoms with Crippen molar-refractivity contribution >= 4 is 28.2 Å². The quantitative estimate of drug-likeness (QED) is 0.346. The smallest absolute Gasteiger partial charge is 0.374 e. The molecule has 3 aromatic carbocycles. The van der Waals surface area contributed by atoms with Crippen LogP contribution in [0.25, 0.3) is 10.8 Å². The van der Waals surface area contributed by atoms with Gasteiger partial charge >= 0.3 is 11.6 Å². The fourth-order valence-electron chi connectivity index (χ4n) is 3.04. The molecule has 0 aliphatic rings. The number of hydrogen-bond acceptors (Lipinski definition) is 7. The van der Waals surface area contributed by atoms with Gasteiger partial charge in [0.1, 0.15) is 12.1 Å². The average Bonchev–Trinajstić information content (AvgIpc) is 2.78. The summed E-state index contributed by atoms with van der Waals surface area (Å²) in [6.07, 6.45) is 1.23. The summed E-state index contributed by atoms with van der Waals surface area (Å²) in [4.78, 5) is 31.1. The van der Waals surface area contributed by atoms with Gasteiger partial charge in [0.15, 0.2) is 0 Å². The normalized spacial score (nSPS) is 10.5. The van der Waals surface area contributed by atoms with Gasteiger partial charge in [0.05, 0.1) is 11.3 Å². The Labute approximate surface area is 176 Å². The van der Waals surface area contributed by atoms with Gasteiger partial charge in [-0.1, -0.05) is 66.7 Å². The predicted octanol–water partition coefficient (Wildman–Crippen LogP) is 4.02. The van der Waals surface area contributed by atoms with E-state index in [0.717, 1.165) is 22.7 Å². The van der Waals surface area contributed by atoms with E-state index in [1.807, 2.05) is 60.7 Å². The van der Waals surface area contributed by atoms with E-state index in [2.05, 4.69) is 20.8 Å². The van der Waals surface area contributed by atoms with Crippen molar-refractivity contribution < 1.29 is 14.5 Å². The van der Waals surface area contributed by atoms with Crippen molar-refractivity contribution in [1.29, 1.82) is 0 Å². The largest absolute Gasteiger partial charge is 0.433 e. The molecule has 2 N–H and O–H groups in total. The molecule has 0 fully saturated rings. The molecule has 31 heavy (non-hydrogen) atoms. The molecule has 9 heteroatoms. The molecule has 154 valence electrons. The summed E-state index contributed by atoms with van der Waals surface area (Å²) in [5.41, 5.74) is 5.24. The summed E-state index contributed by atoms with van der Waals surface area (Å²) in [5.74, 6) is -0.387. The zero-order valence-electron chi connectivity index (χ0n) is 16.2. The van der Waals surface area contributed by atoms with Crippen molar-refractivity contribution in [3.63, 3.8) is 0 Å². The van der Waals surface area contributed by atoms with Crippen molar-refractivity contribution in [2.45, 2.75) is 6.42 Å². The first-order chi connectivity index (χ1) is 15.1. The lowest BCUT2D eigenvalue weighted by atomic mass is 10.1. The molecule has 0 aliphatic carbocycles. The lowest BCUT2D eigenvalue weighted by Crippen LogP contribution is -2.31. The lowest BCUT2D eigenvalue weighted by Gasteiger charge is -2.11. The van der Waals surface area contributed by atoms with Gasteiger partial charge in [0.25, 0.3) is 0 Å². The number of amides is 1. The highest BCUT2D eigenvalue weighted by Gasteiger charge is 2.26. The van der Waals surface area contributed by atoms with Gasteiger partial charge < -0.3 is 4.74 Å². The van der Waals surface area contributed by atoms with E-state index < -0.39 is 10.6 Å². The van der Waals surface area contributed by atoms with Crippen LogP contribution in [0.3, 0.4) is 0 Å². The number of benzene rings is 3. The average molecular weight is 415 g/mol. The highest BCUT2D eigenvalue weighted by Crippen LogP contribution is 2.36. The summed E-state index contributed by atoms with van der Waals surface area (Å²) in [7, 11) is 0. The Balaban J connectivity index is 1.56. The second-order valence-corrected chi connectivity index (χ2v) is 6.55. The maximum atomic E-state index is 12.2. The van der Waals surface area contributed by atoms with E-state index in [1.54, 1.807) is 12.1 Å². The van der Waals surface area contributed by atoms with Crippen LogP contribution in [-0.4, -0.2) is 20.8 Å². The monoisotopic (exact) mass is 415 g/mol. The summed E-state index contributed by atoms with van der Waals surface area (Å²) >= 11 is 0. The number of fused-ring (bicyclic) bond motifs is 1. The number of ether oxygens (including phenoxy) is 1. The highest BCUT2D eigenvalue weighted by atomic mass is 16.6. The van der Waals surface area contributed by atoms with Crippen LogP contribution in [0.2, 0.25) is 0 Å². The Hall–Kier alpha value is -4.53. The number of carbonyl (C=O) groups excluding carboxylic acids is 1. The van der Waals surface area contributed by atoms with E-state index in [0.29, 0.717) is 5.75 Å². The van der Waals surface area contributed by atoms with E-state index >= 15 is 0 Å². The summed E-state index contributed by atoms with van der Waals surface area (Å²) in [6, 6.07) is 22.0. The fraction of sp³-hybridized carbons (Fsp3) is 0.0455. The van der Waals surface area contributed by atoms with Crippen molar-refractivity contribution in [1.82, 2.24) is 15.4 Å². The van der Waals surface area contributed by atoms with Crippen molar-refractivity contribution in [2.24, 2.45) is 0 Å². The number of hydrazine groups is 1. The van der Waals surface area contributed by atoms with Crippen molar-refractivity contribution in [2.75, 3.05) is 5.43 Å². The summed E-state index contributed by atoms with van der Waals surface area (Å²) < 4.78 is 5.78. The standard InChI is InChI=1S/C22H17N5O4/c28-19(13-15-7-2-1-3-8-15)25-26-21-20(27(29)30)22(24-14-23-21)31-18-12-6-10-16-9-4-5-11-17(16)18/h1-12,14H,13H2,(H,25,28)(H,23,24,26). The van der Waals surface area contributed by atoms with Crippen LogP contribution in [0.1, 0.15) is 5.56 Å². The number of rotatable bonds is 7. The van der Waals surface area contributed by atoms with Gasteiger partial charge in [0.2, 0.25) is 11.7 Å². The van der Waals surface area contributed by atoms with Gasteiger partial charge in [-0.3, -0.25) is 25.8 Å². The molecule has 1 aromatic heterocycles. The minimum atomic E-state index is -0.661. The second-order valence-electron chi connectivity index (χ2n) is 6.55. The van der Waals surface area contributed by atoms with E-state index in [4.69, 9.17) is 4.74 Å². The van der Waals surface area contributed by atoms with E-state index in [9.17, 15) is 14.9 Å². The maximum absolute atomic E-state index is 12.2. The molecule has 4 rings (SSSR count). The van der Waals surface area contributed by atoms with Crippen LogP contribution < -0.4 is 15.6 Å². The molecule has 4 aromatic rings. The first kappa shape index (κ1) is 19.8. The number of nitrogens with one attached hydrogen (secondary N) is 2. The number of nitrogens with zero attached hydrogens (tertiary/aromatic N) is 3. The summed E-state index contributed by atoms with van der Waals surface area (Å²) in [6.45, 7) is 0. The number of nitro groups is 1. The summed E-state index contributed by atoms with van der Waals surface area (Å²) in [5, 5.41) is 13.4. The Kier molecular flexibility index (Phi) is 5.66. The molecule has 0 unspecified atom stereocenters. The number of hydrogen-bond donors (Lipinski definition) is 2. The molecule has 1 heterocycles. The van der Waals surface area contributed by atoms with E-state index in [1.165, 1.54) is 0 Å². The van der Waals surface area contributed by atoms with E-state index in [-0.39, 0.29) is 24.0 Å². The third kappa shape index (κ3) is 4.56. The minimum Gasteiger partial charge on any atom is -0.433 e. The van der Waals surface area contributed by atoms with Gasteiger partial charge in [0, 0.05) is 5.39 Å². The van der Waals surface area contributed by atoms with Crippen LogP contribution in [-0.2, 0) is 11.2 Å². The third-order valence-corrected chi connectivity index (χ3v) is 4.46. The first-order valence-corrected chi connectivity index (χ1v) is 9.35. The molecular formula is C22H17N5O4. The lowest BCUT2D eigenvalue weighted by molar-refractivity contribution is -0.385. The molecule has 0 radical (unpaired) electrons. The third-order valence-electron chi connectivity index (χ3n) is 4.46. The predicted molar refractivity (Wildman–Crippen MR) is 115 cm³/mol. The molecule has 9 nitrogen and oxygen atoms in total.